The second-order valence-electron chi connectivity index (χ2n) is 4.31. The molecule has 2 rings (SSSR count). The molecular weight excluding hydrogens is 377 g/mol. The number of amides is 1. The third-order valence-electron chi connectivity index (χ3n) is 2.70. The maximum atomic E-state index is 12.1. The Morgan fingerprint density at radius 1 is 1.19 bits per heavy atom. The first-order valence-electron chi connectivity index (χ1n) is 6.14. The summed E-state index contributed by atoms with van der Waals surface area (Å²) in [5.41, 5.74) is 0.691. The van der Waals surface area contributed by atoms with E-state index in [9.17, 15) is 4.79 Å². The molecule has 0 aliphatic heterocycles. The third kappa shape index (κ3) is 4.37. The van der Waals surface area contributed by atoms with Crippen LogP contribution in [-0.4, -0.2) is 12.0 Å². The quantitative estimate of drug-likeness (QED) is 0.785. The highest BCUT2D eigenvalue weighted by Gasteiger charge is 2.17. The molecule has 2 aromatic carbocycles. The van der Waals surface area contributed by atoms with E-state index < -0.39 is 6.10 Å². The van der Waals surface area contributed by atoms with Crippen molar-refractivity contribution in [3.05, 3.63) is 57.0 Å². The van der Waals surface area contributed by atoms with Gasteiger partial charge in [-0.3, -0.25) is 4.79 Å². The van der Waals surface area contributed by atoms with E-state index in [0.29, 0.717) is 21.5 Å². The Morgan fingerprint density at radius 3 is 2.52 bits per heavy atom. The number of carbonyl (C=O) groups excluding carboxylic acids is 1. The SMILES string of the molecule is C[C@H](Oc1cccc(Cl)c1Cl)C(=O)Nc1ccc(Br)cc1. The lowest BCUT2D eigenvalue weighted by Crippen LogP contribution is -2.30. The number of hydrogen-bond acceptors (Lipinski definition) is 2. The van der Waals surface area contributed by atoms with E-state index in [0.717, 1.165) is 4.47 Å². The first-order valence-corrected chi connectivity index (χ1v) is 7.69. The third-order valence-corrected chi connectivity index (χ3v) is 4.03. The van der Waals surface area contributed by atoms with Crippen LogP contribution in [0.2, 0.25) is 10.0 Å². The Labute approximate surface area is 141 Å². The van der Waals surface area contributed by atoms with Gasteiger partial charge in [0.1, 0.15) is 10.8 Å². The van der Waals surface area contributed by atoms with Gasteiger partial charge in [-0.05, 0) is 43.3 Å². The minimum absolute atomic E-state index is 0.270. The first kappa shape index (κ1) is 16.1. The highest BCUT2D eigenvalue weighted by atomic mass is 79.9. The fourth-order valence-electron chi connectivity index (χ4n) is 1.60. The van der Waals surface area contributed by atoms with Gasteiger partial charge >= 0.3 is 0 Å². The van der Waals surface area contributed by atoms with Crippen molar-refractivity contribution in [3.63, 3.8) is 0 Å². The van der Waals surface area contributed by atoms with Crippen molar-refractivity contribution in [1.29, 1.82) is 0 Å². The molecule has 0 saturated heterocycles. The van der Waals surface area contributed by atoms with E-state index in [-0.39, 0.29) is 5.91 Å². The lowest BCUT2D eigenvalue weighted by Gasteiger charge is -2.16. The van der Waals surface area contributed by atoms with Crippen molar-refractivity contribution in [3.8, 4) is 5.75 Å². The van der Waals surface area contributed by atoms with Gasteiger partial charge in [0, 0.05) is 10.2 Å². The molecule has 110 valence electrons. The van der Waals surface area contributed by atoms with Crippen molar-refractivity contribution >= 4 is 50.7 Å². The van der Waals surface area contributed by atoms with Gasteiger partial charge in [-0.2, -0.15) is 0 Å². The first-order chi connectivity index (χ1) is 9.97. The van der Waals surface area contributed by atoms with Gasteiger partial charge in [-0.1, -0.05) is 45.2 Å². The number of hydrogen-bond donors (Lipinski definition) is 1. The van der Waals surface area contributed by atoms with E-state index in [2.05, 4.69) is 21.2 Å². The van der Waals surface area contributed by atoms with E-state index in [1.165, 1.54) is 0 Å². The van der Waals surface area contributed by atoms with Crippen LogP contribution < -0.4 is 10.1 Å². The average molecular weight is 389 g/mol. The molecule has 0 radical (unpaired) electrons. The van der Waals surface area contributed by atoms with Crippen LogP contribution in [0.1, 0.15) is 6.92 Å². The molecule has 2 aromatic rings. The molecule has 0 bridgehead atoms. The zero-order valence-corrected chi connectivity index (χ0v) is 14.2. The topological polar surface area (TPSA) is 38.3 Å². The number of carbonyl (C=O) groups is 1. The molecule has 0 unspecified atom stereocenters. The molecular formula is C15H12BrCl2NO2. The van der Waals surface area contributed by atoms with Crippen LogP contribution in [0.5, 0.6) is 5.75 Å². The van der Waals surface area contributed by atoms with Crippen LogP contribution >= 0.6 is 39.1 Å². The molecule has 1 amide bonds. The molecule has 0 heterocycles. The number of benzene rings is 2. The second-order valence-corrected chi connectivity index (χ2v) is 6.01. The molecule has 0 saturated carbocycles. The van der Waals surface area contributed by atoms with Crippen molar-refractivity contribution in [2.45, 2.75) is 13.0 Å². The highest BCUT2D eigenvalue weighted by molar-refractivity contribution is 9.10. The van der Waals surface area contributed by atoms with Crippen LogP contribution in [0, 0.1) is 0 Å². The normalized spacial score (nSPS) is 11.8. The molecule has 0 aliphatic rings. The monoisotopic (exact) mass is 387 g/mol. The van der Waals surface area contributed by atoms with Gasteiger partial charge in [-0.15, -0.1) is 0 Å². The molecule has 3 nitrogen and oxygen atoms in total. The largest absolute Gasteiger partial charge is 0.479 e. The van der Waals surface area contributed by atoms with Gasteiger partial charge < -0.3 is 10.1 Å². The summed E-state index contributed by atoms with van der Waals surface area (Å²) in [6.07, 6.45) is -0.704. The highest BCUT2D eigenvalue weighted by Crippen LogP contribution is 2.32. The van der Waals surface area contributed by atoms with Gasteiger partial charge in [0.15, 0.2) is 6.10 Å². The summed E-state index contributed by atoms with van der Waals surface area (Å²) in [6, 6.07) is 12.3. The molecule has 1 N–H and O–H groups in total. The molecule has 0 fully saturated rings. The van der Waals surface area contributed by atoms with E-state index >= 15 is 0 Å². The molecule has 21 heavy (non-hydrogen) atoms. The average Bonchev–Trinajstić information content (AvgIpc) is 2.46. The molecule has 6 heteroatoms. The van der Waals surface area contributed by atoms with Crippen LogP contribution in [0.15, 0.2) is 46.9 Å². The number of halogens is 3. The van der Waals surface area contributed by atoms with Crippen molar-refractivity contribution in [2.75, 3.05) is 5.32 Å². The Hall–Kier alpha value is -1.23. The van der Waals surface area contributed by atoms with Crippen molar-refractivity contribution < 1.29 is 9.53 Å². The predicted molar refractivity (Wildman–Crippen MR) is 89.3 cm³/mol. The Morgan fingerprint density at radius 2 is 1.86 bits per heavy atom. The minimum atomic E-state index is -0.704. The van der Waals surface area contributed by atoms with Crippen molar-refractivity contribution in [2.24, 2.45) is 0 Å². The number of ether oxygens (including phenoxy) is 1. The lowest BCUT2D eigenvalue weighted by atomic mass is 10.3. The van der Waals surface area contributed by atoms with Gasteiger partial charge in [0.25, 0.3) is 5.91 Å². The fourth-order valence-corrected chi connectivity index (χ4v) is 2.20. The number of anilines is 1. The maximum absolute atomic E-state index is 12.1. The standard InChI is InChI=1S/C15H12BrCl2NO2/c1-9(21-13-4-2-3-12(17)14(13)18)15(20)19-11-7-5-10(16)6-8-11/h2-9H,1H3,(H,19,20)/t9-/m0/s1. The Bertz CT molecular complexity index is 647. The number of nitrogens with one attached hydrogen (secondary N) is 1. The number of rotatable bonds is 4. The van der Waals surface area contributed by atoms with E-state index in [1.54, 1.807) is 37.3 Å². The molecule has 0 aliphatic carbocycles. The second kappa shape index (κ2) is 7.16. The summed E-state index contributed by atoms with van der Waals surface area (Å²) in [5, 5.41) is 3.44. The smallest absolute Gasteiger partial charge is 0.265 e. The van der Waals surface area contributed by atoms with E-state index in [4.69, 9.17) is 27.9 Å². The summed E-state index contributed by atoms with van der Waals surface area (Å²) < 4.78 is 6.49. The Balaban J connectivity index is 2.02. The summed E-state index contributed by atoms with van der Waals surface area (Å²) >= 11 is 15.3. The van der Waals surface area contributed by atoms with Crippen molar-refractivity contribution in [1.82, 2.24) is 0 Å². The zero-order chi connectivity index (χ0) is 15.4. The van der Waals surface area contributed by atoms with Gasteiger partial charge in [0.05, 0.1) is 5.02 Å². The predicted octanol–water partition coefficient (Wildman–Crippen LogP) is 5.16. The van der Waals surface area contributed by atoms with Crippen LogP contribution in [0.4, 0.5) is 5.69 Å². The van der Waals surface area contributed by atoms with Gasteiger partial charge in [-0.25, -0.2) is 0 Å². The van der Waals surface area contributed by atoms with Crippen LogP contribution in [0.25, 0.3) is 0 Å². The summed E-state index contributed by atoms with van der Waals surface area (Å²) in [4.78, 5) is 12.1. The lowest BCUT2D eigenvalue weighted by molar-refractivity contribution is -0.122. The molecule has 0 spiro atoms. The minimum Gasteiger partial charge on any atom is -0.479 e. The summed E-state index contributed by atoms with van der Waals surface area (Å²) in [7, 11) is 0. The Kier molecular flexibility index (Phi) is 5.51. The zero-order valence-electron chi connectivity index (χ0n) is 11.1. The fraction of sp³-hybridized carbons (Fsp3) is 0.133. The molecule has 1 atom stereocenters. The summed E-state index contributed by atoms with van der Waals surface area (Å²) in [6.45, 7) is 1.64. The summed E-state index contributed by atoms with van der Waals surface area (Å²) in [5.74, 6) is 0.107. The van der Waals surface area contributed by atoms with Gasteiger partial charge in [0.2, 0.25) is 0 Å². The molecule has 0 aromatic heterocycles. The van der Waals surface area contributed by atoms with E-state index in [1.807, 2.05) is 12.1 Å². The van der Waals surface area contributed by atoms with Crippen LogP contribution in [-0.2, 0) is 4.79 Å². The van der Waals surface area contributed by atoms with Crippen LogP contribution in [0.3, 0.4) is 0 Å². The maximum Gasteiger partial charge on any atom is 0.265 e.